The maximum absolute atomic E-state index is 14.0. The second-order valence-electron chi connectivity index (χ2n) is 9.96. The fourth-order valence-corrected chi connectivity index (χ4v) is 7.33. The summed E-state index contributed by atoms with van der Waals surface area (Å²) in [6.45, 7) is 12.9. The van der Waals surface area contributed by atoms with Gasteiger partial charge in [-0.05, 0) is 92.8 Å². The molecule has 0 aromatic heterocycles. The van der Waals surface area contributed by atoms with E-state index in [-0.39, 0.29) is 16.7 Å². The Morgan fingerprint density at radius 1 is 1.12 bits per heavy atom. The monoisotopic (exact) mass is 348 g/mol. The van der Waals surface area contributed by atoms with Crippen molar-refractivity contribution in [3.8, 4) is 0 Å². The van der Waals surface area contributed by atoms with Gasteiger partial charge in [0.25, 0.3) is 0 Å². The van der Waals surface area contributed by atoms with Gasteiger partial charge < -0.3 is 0 Å². The molecule has 3 aliphatic carbocycles. The number of allylic oxidation sites excluding steroid dienone is 1. The van der Waals surface area contributed by atoms with Crippen LogP contribution in [0, 0.1) is 40.4 Å². The second kappa shape index (κ2) is 6.82. The summed E-state index contributed by atoms with van der Waals surface area (Å²) in [7, 11) is 0. The van der Waals surface area contributed by atoms with E-state index in [0.717, 1.165) is 32.1 Å². The third-order valence-corrected chi connectivity index (χ3v) is 8.95. The largest absolute Gasteiger partial charge is 0.300 e. The number of ketones is 1. The second-order valence-corrected chi connectivity index (χ2v) is 9.96. The Hall–Kier alpha value is -0.660. The Morgan fingerprint density at radius 3 is 2.36 bits per heavy atom. The highest BCUT2D eigenvalue weighted by atomic mass is 19.1. The van der Waals surface area contributed by atoms with Gasteiger partial charge in [-0.2, -0.15) is 0 Å². The van der Waals surface area contributed by atoms with Crippen LogP contribution in [0.2, 0.25) is 0 Å². The molecule has 2 heteroatoms. The first kappa shape index (κ1) is 19.1. The maximum Gasteiger partial charge on any atom is 0.133 e. The van der Waals surface area contributed by atoms with Gasteiger partial charge >= 0.3 is 0 Å². The highest BCUT2D eigenvalue weighted by molar-refractivity contribution is 5.79. The number of carbonyl (C=O) groups excluding carboxylic acids is 1. The molecule has 3 rings (SSSR count). The predicted octanol–water partition coefficient (Wildman–Crippen LogP) is 6.37. The first-order valence-corrected chi connectivity index (χ1v) is 10.5. The molecule has 0 aromatic rings. The van der Waals surface area contributed by atoms with E-state index in [1.807, 2.05) is 0 Å². The molecule has 0 aromatic carbocycles. The van der Waals surface area contributed by atoms with Crippen molar-refractivity contribution in [2.45, 2.75) is 85.2 Å². The number of hydrogen-bond acceptors (Lipinski definition) is 1. The number of fused-ring (bicyclic) bond motifs is 1. The molecule has 25 heavy (non-hydrogen) atoms. The van der Waals surface area contributed by atoms with Gasteiger partial charge in [0, 0.05) is 5.92 Å². The normalized spacial score (nSPS) is 50.3. The van der Waals surface area contributed by atoms with Crippen LogP contribution < -0.4 is 0 Å². The zero-order valence-electron chi connectivity index (χ0n) is 16.7. The minimum atomic E-state index is -0.608. The first-order valence-electron chi connectivity index (χ1n) is 10.5. The van der Waals surface area contributed by atoms with Gasteiger partial charge in [0.15, 0.2) is 0 Å². The standard InChI is InChI=1S/C23H37FO/c1-6-7-18-20-9-8-19(16(3)25)23(20,5)13-11-21(18)22(4)12-10-17(24)14-15(22)2/h6,15,17-21H,1,7-14H2,2-5H3. The Balaban J connectivity index is 1.90. The Morgan fingerprint density at radius 2 is 1.76 bits per heavy atom. The molecule has 1 nitrogen and oxygen atoms in total. The van der Waals surface area contributed by atoms with Crippen LogP contribution in [-0.4, -0.2) is 12.0 Å². The van der Waals surface area contributed by atoms with Gasteiger partial charge in [-0.25, -0.2) is 4.39 Å². The summed E-state index contributed by atoms with van der Waals surface area (Å²) in [6, 6.07) is 0. The van der Waals surface area contributed by atoms with Crippen LogP contribution >= 0.6 is 0 Å². The van der Waals surface area contributed by atoms with Crippen molar-refractivity contribution in [2.24, 2.45) is 40.4 Å². The minimum absolute atomic E-state index is 0.174. The van der Waals surface area contributed by atoms with Crippen molar-refractivity contribution >= 4 is 5.78 Å². The van der Waals surface area contributed by atoms with E-state index in [2.05, 4.69) is 33.4 Å². The minimum Gasteiger partial charge on any atom is -0.300 e. The molecular formula is C23H37FO. The number of carbonyl (C=O) groups is 1. The van der Waals surface area contributed by atoms with E-state index in [9.17, 15) is 9.18 Å². The first-order chi connectivity index (χ1) is 11.7. The van der Waals surface area contributed by atoms with E-state index in [0.29, 0.717) is 29.5 Å². The highest BCUT2D eigenvalue weighted by Gasteiger charge is 2.58. The van der Waals surface area contributed by atoms with Crippen LogP contribution in [0.1, 0.15) is 79.1 Å². The summed E-state index contributed by atoms with van der Waals surface area (Å²) in [4.78, 5) is 12.2. The molecule has 142 valence electrons. The van der Waals surface area contributed by atoms with Crippen molar-refractivity contribution in [2.75, 3.05) is 0 Å². The number of hydrogen-bond donors (Lipinski definition) is 0. The lowest BCUT2D eigenvalue weighted by atomic mass is 9.48. The molecule has 0 aliphatic heterocycles. The van der Waals surface area contributed by atoms with E-state index in [4.69, 9.17) is 0 Å². The van der Waals surface area contributed by atoms with Crippen LogP contribution in [0.25, 0.3) is 0 Å². The Bertz CT molecular complexity index is 528. The van der Waals surface area contributed by atoms with Gasteiger partial charge in [0.1, 0.15) is 12.0 Å². The molecule has 0 bridgehead atoms. The molecule has 3 saturated carbocycles. The van der Waals surface area contributed by atoms with Gasteiger partial charge in [-0.15, -0.1) is 6.58 Å². The van der Waals surface area contributed by atoms with Crippen LogP contribution in [0.5, 0.6) is 0 Å². The molecule has 0 heterocycles. The molecule has 8 unspecified atom stereocenters. The summed E-state index contributed by atoms with van der Waals surface area (Å²) in [5.74, 6) is 2.98. The lowest BCUT2D eigenvalue weighted by Gasteiger charge is -2.56. The van der Waals surface area contributed by atoms with Gasteiger partial charge in [-0.3, -0.25) is 4.79 Å². The fourth-order valence-electron chi connectivity index (χ4n) is 7.33. The lowest BCUT2D eigenvalue weighted by Crippen LogP contribution is -2.50. The van der Waals surface area contributed by atoms with Crippen LogP contribution in [-0.2, 0) is 4.79 Å². The summed E-state index contributed by atoms with van der Waals surface area (Å²) in [5.41, 5.74) is 0.415. The fraction of sp³-hybridized carbons (Fsp3) is 0.870. The highest BCUT2D eigenvalue weighted by Crippen LogP contribution is 2.64. The Labute approximate surface area is 153 Å². The molecule has 0 spiro atoms. The van der Waals surface area contributed by atoms with Gasteiger partial charge in [-0.1, -0.05) is 26.8 Å². The van der Waals surface area contributed by atoms with Crippen molar-refractivity contribution in [1.82, 2.24) is 0 Å². The average molecular weight is 349 g/mol. The number of rotatable bonds is 4. The van der Waals surface area contributed by atoms with E-state index in [1.54, 1.807) is 6.92 Å². The molecule has 0 saturated heterocycles. The summed E-state index contributed by atoms with van der Waals surface area (Å²) < 4.78 is 14.0. The van der Waals surface area contributed by atoms with Crippen LogP contribution in [0.3, 0.4) is 0 Å². The molecule has 8 atom stereocenters. The van der Waals surface area contributed by atoms with Crippen molar-refractivity contribution < 1.29 is 9.18 Å². The molecule has 0 radical (unpaired) electrons. The van der Waals surface area contributed by atoms with Crippen molar-refractivity contribution in [3.63, 3.8) is 0 Å². The molecule has 3 fully saturated rings. The molecular weight excluding hydrogens is 311 g/mol. The van der Waals surface area contributed by atoms with E-state index >= 15 is 0 Å². The third-order valence-electron chi connectivity index (χ3n) is 8.95. The SMILES string of the molecule is C=CCC1C(C2(C)CCC(F)CC2C)CCC2(C)C(C(C)=O)CCC12. The molecule has 0 N–H and O–H groups in total. The number of Topliss-reactive ketones (excluding diaryl/α,β-unsaturated/α-hetero) is 1. The number of halogens is 1. The zero-order valence-corrected chi connectivity index (χ0v) is 16.7. The van der Waals surface area contributed by atoms with Gasteiger partial charge in [0.2, 0.25) is 0 Å². The molecule has 0 amide bonds. The average Bonchev–Trinajstić information content (AvgIpc) is 2.89. The third kappa shape index (κ3) is 3.02. The summed E-state index contributed by atoms with van der Waals surface area (Å²) in [5, 5.41) is 0. The number of alkyl halides is 1. The quantitative estimate of drug-likeness (QED) is 0.539. The van der Waals surface area contributed by atoms with Crippen LogP contribution in [0.15, 0.2) is 12.7 Å². The van der Waals surface area contributed by atoms with Crippen molar-refractivity contribution in [3.05, 3.63) is 12.7 Å². The zero-order chi connectivity index (χ0) is 18.4. The predicted molar refractivity (Wildman–Crippen MR) is 102 cm³/mol. The van der Waals surface area contributed by atoms with Crippen molar-refractivity contribution in [1.29, 1.82) is 0 Å². The van der Waals surface area contributed by atoms with Crippen LogP contribution in [0.4, 0.5) is 4.39 Å². The summed E-state index contributed by atoms with van der Waals surface area (Å²) >= 11 is 0. The smallest absolute Gasteiger partial charge is 0.133 e. The summed E-state index contributed by atoms with van der Waals surface area (Å²) in [6.07, 6.45) is 9.64. The van der Waals surface area contributed by atoms with E-state index in [1.165, 1.54) is 19.3 Å². The van der Waals surface area contributed by atoms with Gasteiger partial charge in [0.05, 0.1) is 0 Å². The van der Waals surface area contributed by atoms with E-state index < -0.39 is 6.17 Å². The maximum atomic E-state index is 14.0. The Kier molecular flexibility index (Phi) is 5.21. The topological polar surface area (TPSA) is 17.1 Å². The lowest BCUT2D eigenvalue weighted by molar-refractivity contribution is -0.128. The molecule has 3 aliphatic rings.